The summed E-state index contributed by atoms with van der Waals surface area (Å²) in [5.41, 5.74) is 1.89. The molecule has 3 rings (SSSR count). The second kappa shape index (κ2) is 5.91. The summed E-state index contributed by atoms with van der Waals surface area (Å²) in [6, 6.07) is 14.7. The van der Waals surface area contributed by atoms with Gasteiger partial charge in [0.05, 0.1) is 11.2 Å². The van der Waals surface area contributed by atoms with Crippen LogP contribution in [-0.4, -0.2) is 5.78 Å². The van der Waals surface area contributed by atoms with Crippen molar-refractivity contribution in [1.82, 2.24) is 0 Å². The normalized spacial score (nSPS) is 16.5. The Hall–Kier alpha value is -2.16. The lowest BCUT2D eigenvalue weighted by atomic mass is 9.87. The number of benzene rings is 2. The van der Waals surface area contributed by atoms with Crippen molar-refractivity contribution >= 4 is 11.5 Å². The molecular weight excluding hydrogens is 277 g/mol. The van der Waals surface area contributed by atoms with Crippen LogP contribution in [0.5, 0.6) is 0 Å². The van der Waals surface area contributed by atoms with Gasteiger partial charge in [0, 0.05) is 5.56 Å². The Bertz CT molecular complexity index is 675. The van der Waals surface area contributed by atoms with E-state index in [4.69, 9.17) is 0 Å². The van der Waals surface area contributed by atoms with Gasteiger partial charge < -0.3 is 5.32 Å². The molecule has 2 nitrogen and oxygen atoms in total. The average Bonchev–Trinajstić information content (AvgIpc) is 3.00. The Morgan fingerprint density at radius 3 is 2.41 bits per heavy atom. The predicted molar refractivity (Wildman–Crippen MR) is 86.6 cm³/mol. The lowest BCUT2D eigenvalue weighted by molar-refractivity contribution is 0.101. The zero-order valence-electron chi connectivity index (χ0n) is 12.7. The zero-order valence-corrected chi connectivity index (χ0v) is 12.7. The van der Waals surface area contributed by atoms with Crippen LogP contribution in [0.3, 0.4) is 0 Å². The van der Waals surface area contributed by atoms with E-state index in [1.165, 1.54) is 24.6 Å². The summed E-state index contributed by atoms with van der Waals surface area (Å²) in [6.45, 7) is 1.50. The van der Waals surface area contributed by atoms with Crippen LogP contribution in [0.4, 0.5) is 10.1 Å². The van der Waals surface area contributed by atoms with Crippen LogP contribution in [0, 0.1) is 5.82 Å². The summed E-state index contributed by atoms with van der Waals surface area (Å²) in [5, 5.41) is 3.41. The second-order valence-corrected chi connectivity index (χ2v) is 6.03. The largest absolute Gasteiger partial charge is 0.373 e. The van der Waals surface area contributed by atoms with Gasteiger partial charge in [-0.1, -0.05) is 43.2 Å². The molecule has 1 aliphatic rings. The number of halogens is 1. The molecule has 22 heavy (non-hydrogen) atoms. The number of hydrogen-bond acceptors (Lipinski definition) is 2. The van der Waals surface area contributed by atoms with Crippen molar-refractivity contribution in [1.29, 1.82) is 0 Å². The van der Waals surface area contributed by atoms with Gasteiger partial charge in [-0.25, -0.2) is 4.39 Å². The highest BCUT2D eigenvalue weighted by Crippen LogP contribution is 2.42. The molecule has 0 aromatic heterocycles. The van der Waals surface area contributed by atoms with Crippen molar-refractivity contribution in [3.63, 3.8) is 0 Å². The molecule has 114 valence electrons. The van der Waals surface area contributed by atoms with Crippen molar-refractivity contribution in [2.24, 2.45) is 0 Å². The minimum Gasteiger partial charge on any atom is -0.373 e. The van der Waals surface area contributed by atoms with Gasteiger partial charge in [-0.3, -0.25) is 4.79 Å². The van der Waals surface area contributed by atoms with Gasteiger partial charge in [0.15, 0.2) is 5.78 Å². The van der Waals surface area contributed by atoms with Crippen LogP contribution < -0.4 is 5.32 Å². The smallest absolute Gasteiger partial charge is 0.159 e. The Balaban J connectivity index is 1.99. The Morgan fingerprint density at radius 1 is 1.09 bits per heavy atom. The molecule has 0 aliphatic heterocycles. The van der Waals surface area contributed by atoms with Crippen molar-refractivity contribution in [2.45, 2.75) is 38.1 Å². The molecule has 1 aliphatic carbocycles. The molecule has 2 aromatic rings. The van der Waals surface area contributed by atoms with Gasteiger partial charge in [0.2, 0.25) is 0 Å². The monoisotopic (exact) mass is 297 g/mol. The van der Waals surface area contributed by atoms with Gasteiger partial charge in [-0.2, -0.15) is 0 Å². The highest BCUT2D eigenvalue weighted by Gasteiger charge is 2.36. The first kappa shape index (κ1) is 14.8. The SMILES string of the molecule is CC(=O)c1ccc(F)c(NC2(c3ccccc3)CCCC2)c1. The minimum atomic E-state index is -0.313. The number of rotatable bonds is 4. The number of hydrogen-bond donors (Lipinski definition) is 1. The van der Waals surface area contributed by atoms with Crippen molar-refractivity contribution in [2.75, 3.05) is 5.32 Å². The van der Waals surface area contributed by atoms with Crippen LogP contribution in [0.15, 0.2) is 48.5 Å². The summed E-state index contributed by atoms with van der Waals surface area (Å²) in [4.78, 5) is 11.5. The maximum absolute atomic E-state index is 14.2. The van der Waals surface area contributed by atoms with Crippen molar-refractivity contribution in [3.05, 3.63) is 65.5 Å². The van der Waals surface area contributed by atoms with Crippen LogP contribution >= 0.6 is 0 Å². The number of nitrogens with one attached hydrogen (secondary N) is 1. The summed E-state index contributed by atoms with van der Waals surface area (Å²) in [7, 11) is 0. The average molecular weight is 297 g/mol. The molecule has 0 amide bonds. The van der Waals surface area contributed by atoms with E-state index in [0.29, 0.717) is 11.3 Å². The van der Waals surface area contributed by atoms with Gasteiger partial charge in [-0.05, 0) is 43.5 Å². The fraction of sp³-hybridized carbons (Fsp3) is 0.316. The maximum Gasteiger partial charge on any atom is 0.159 e. The third kappa shape index (κ3) is 2.76. The summed E-state index contributed by atoms with van der Waals surface area (Å²) < 4.78 is 14.2. The molecule has 0 saturated heterocycles. The first-order valence-corrected chi connectivity index (χ1v) is 7.75. The van der Waals surface area contributed by atoms with Gasteiger partial charge >= 0.3 is 0 Å². The number of carbonyl (C=O) groups excluding carboxylic acids is 1. The first-order valence-electron chi connectivity index (χ1n) is 7.75. The number of anilines is 1. The molecule has 2 aromatic carbocycles. The quantitative estimate of drug-likeness (QED) is 0.812. The van der Waals surface area contributed by atoms with E-state index in [-0.39, 0.29) is 17.1 Å². The van der Waals surface area contributed by atoms with Gasteiger partial charge in [0.25, 0.3) is 0 Å². The van der Waals surface area contributed by atoms with Crippen LogP contribution in [-0.2, 0) is 5.54 Å². The third-order valence-corrected chi connectivity index (χ3v) is 4.53. The molecule has 0 unspecified atom stereocenters. The van der Waals surface area contributed by atoms with Crippen molar-refractivity contribution in [3.8, 4) is 0 Å². The highest BCUT2D eigenvalue weighted by molar-refractivity contribution is 5.95. The van der Waals surface area contributed by atoms with E-state index in [0.717, 1.165) is 25.7 Å². The van der Waals surface area contributed by atoms with E-state index in [9.17, 15) is 9.18 Å². The Labute approximate surface area is 130 Å². The van der Waals surface area contributed by atoms with E-state index in [2.05, 4.69) is 17.4 Å². The number of ketones is 1. The summed E-state index contributed by atoms with van der Waals surface area (Å²) in [5.74, 6) is -0.365. The predicted octanol–water partition coefficient (Wildman–Crippen LogP) is 4.91. The molecule has 0 atom stereocenters. The fourth-order valence-corrected chi connectivity index (χ4v) is 3.32. The second-order valence-electron chi connectivity index (χ2n) is 6.03. The molecule has 0 bridgehead atoms. The molecular formula is C19H20FNO. The number of Topliss-reactive ketones (excluding diaryl/α,β-unsaturated/α-hetero) is 1. The highest BCUT2D eigenvalue weighted by atomic mass is 19.1. The van der Waals surface area contributed by atoms with Gasteiger partial charge in [-0.15, -0.1) is 0 Å². The molecule has 0 heterocycles. The Morgan fingerprint density at radius 2 is 1.77 bits per heavy atom. The van der Waals surface area contributed by atoms with E-state index in [1.807, 2.05) is 18.2 Å². The molecule has 1 saturated carbocycles. The molecule has 0 spiro atoms. The molecule has 3 heteroatoms. The standard InChI is InChI=1S/C19H20FNO/c1-14(22)15-9-10-17(20)18(13-15)21-19(11-5-6-12-19)16-7-3-2-4-8-16/h2-4,7-10,13,21H,5-6,11-12H2,1H3. The molecule has 1 fully saturated rings. The molecule has 1 N–H and O–H groups in total. The summed E-state index contributed by atoms with van der Waals surface area (Å²) >= 11 is 0. The maximum atomic E-state index is 14.2. The van der Waals surface area contributed by atoms with Crippen LogP contribution in [0.1, 0.15) is 48.5 Å². The van der Waals surface area contributed by atoms with Crippen molar-refractivity contribution < 1.29 is 9.18 Å². The third-order valence-electron chi connectivity index (χ3n) is 4.53. The van der Waals surface area contributed by atoms with Crippen LogP contribution in [0.25, 0.3) is 0 Å². The lowest BCUT2D eigenvalue weighted by Gasteiger charge is -2.32. The topological polar surface area (TPSA) is 29.1 Å². The number of carbonyl (C=O) groups is 1. The molecule has 0 radical (unpaired) electrons. The minimum absolute atomic E-state index is 0.0526. The Kier molecular flexibility index (Phi) is 3.97. The van der Waals surface area contributed by atoms with Gasteiger partial charge in [0.1, 0.15) is 5.82 Å². The zero-order chi connectivity index (χ0) is 15.6. The summed E-state index contributed by atoms with van der Waals surface area (Å²) in [6.07, 6.45) is 4.19. The van der Waals surface area contributed by atoms with Crippen LogP contribution in [0.2, 0.25) is 0 Å². The van der Waals surface area contributed by atoms with E-state index < -0.39 is 0 Å². The first-order chi connectivity index (χ1) is 10.6. The fourth-order valence-electron chi connectivity index (χ4n) is 3.32. The lowest BCUT2D eigenvalue weighted by Crippen LogP contribution is -2.32. The van der Waals surface area contributed by atoms with E-state index >= 15 is 0 Å². The van der Waals surface area contributed by atoms with E-state index in [1.54, 1.807) is 6.07 Å².